The number of nitrogens with one attached hydrogen (secondary N) is 1. The lowest BCUT2D eigenvalue weighted by Crippen LogP contribution is -2.35. The first kappa shape index (κ1) is 23.4. The molecule has 3 N–H and O–H groups in total. The van der Waals surface area contributed by atoms with E-state index in [9.17, 15) is 0 Å². The van der Waals surface area contributed by atoms with Gasteiger partial charge in [0.1, 0.15) is 17.0 Å². The van der Waals surface area contributed by atoms with Crippen molar-refractivity contribution in [2.24, 2.45) is 5.73 Å². The molecule has 0 saturated heterocycles. The van der Waals surface area contributed by atoms with E-state index in [4.69, 9.17) is 25.8 Å². The van der Waals surface area contributed by atoms with Crippen molar-refractivity contribution in [1.29, 1.82) is 5.41 Å². The Kier molecular flexibility index (Phi) is 6.52. The number of pyridine rings is 1. The first-order valence-corrected chi connectivity index (χ1v) is 12.1. The molecule has 33 heavy (non-hydrogen) atoms. The number of hydrogen-bond acceptors (Lipinski definition) is 7. The Balaban J connectivity index is 2.03. The van der Waals surface area contributed by atoms with Gasteiger partial charge in [0.25, 0.3) is 0 Å². The standard InChI is InChI=1S/C25H32N6OS/c1-6-9-10-16(7-2)31-15-28-20-19-17-13-25(4,5)32-14-18(17)23(30(8-3)12-11-26)29-24(19)33-21(20)22(31)27/h6-7,9-10,15,27H,1,8,11-14,26H2,2-5H3/b10-9-,16-7+,27-22?. The van der Waals surface area contributed by atoms with Gasteiger partial charge < -0.3 is 15.4 Å². The summed E-state index contributed by atoms with van der Waals surface area (Å²) >= 11 is 1.54. The van der Waals surface area contributed by atoms with Gasteiger partial charge in [-0.1, -0.05) is 24.8 Å². The molecule has 0 aliphatic carbocycles. The summed E-state index contributed by atoms with van der Waals surface area (Å²) in [7, 11) is 0. The molecule has 1 aliphatic heterocycles. The monoisotopic (exact) mass is 464 g/mol. The summed E-state index contributed by atoms with van der Waals surface area (Å²) in [6, 6.07) is 0. The van der Waals surface area contributed by atoms with E-state index in [0.29, 0.717) is 18.6 Å². The molecule has 0 atom stereocenters. The van der Waals surface area contributed by atoms with Crippen molar-refractivity contribution < 1.29 is 4.74 Å². The first-order chi connectivity index (χ1) is 15.8. The van der Waals surface area contributed by atoms with Crippen LogP contribution in [0, 0.1) is 5.41 Å². The van der Waals surface area contributed by atoms with Crippen LogP contribution in [0.4, 0.5) is 5.82 Å². The molecule has 0 spiro atoms. The van der Waals surface area contributed by atoms with Crippen LogP contribution in [0.3, 0.4) is 0 Å². The van der Waals surface area contributed by atoms with Gasteiger partial charge in [0.2, 0.25) is 0 Å². The van der Waals surface area contributed by atoms with Crippen LogP contribution in [0.2, 0.25) is 0 Å². The van der Waals surface area contributed by atoms with E-state index in [0.717, 1.165) is 57.0 Å². The van der Waals surface area contributed by atoms with Crippen LogP contribution in [0.1, 0.15) is 38.8 Å². The molecule has 0 saturated carbocycles. The van der Waals surface area contributed by atoms with Crippen LogP contribution in [0.25, 0.3) is 26.1 Å². The summed E-state index contributed by atoms with van der Waals surface area (Å²) in [5.41, 5.74) is 10.1. The van der Waals surface area contributed by atoms with Gasteiger partial charge in [-0.15, -0.1) is 11.3 Å². The predicted molar refractivity (Wildman–Crippen MR) is 138 cm³/mol. The van der Waals surface area contributed by atoms with Crippen LogP contribution >= 0.6 is 11.3 Å². The van der Waals surface area contributed by atoms with Crippen LogP contribution < -0.4 is 16.1 Å². The fraction of sp³-hybridized carbons (Fsp3) is 0.400. The lowest BCUT2D eigenvalue weighted by atomic mass is 9.90. The maximum Gasteiger partial charge on any atom is 0.150 e. The van der Waals surface area contributed by atoms with Crippen LogP contribution in [0.5, 0.6) is 0 Å². The quantitative estimate of drug-likeness (QED) is 0.507. The highest BCUT2D eigenvalue weighted by Gasteiger charge is 2.32. The van der Waals surface area contributed by atoms with Crippen molar-refractivity contribution in [3.63, 3.8) is 0 Å². The van der Waals surface area contributed by atoms with E-state index in [2.05, 4.69) is 32.3 Å². The molecule has 4 rings (SSSR count). The van der Waals surface area contributed by atoms with Crippen LogP contribution in [-0.2, 0) is 17.8 Å². The molecule has 174 valence electrons. The number of ether oxygens (including phenoxy) is 1. The van der Waals surface area contributed by atoms with Gasteiger partial charge in [0, 0.05) is 42.7 Å². The molecule has 0 radical (unpaired) electrons. The van der Waals surface area contributed by atoms with Gasteiger partial charge in [-0.05, 0) is 39.3 Å². The van der Waals surface area contributed by atoms with Crippen molar-refractivity contribution in [2.75, 3.05) is 24.5 Å². The van der Waals surface area contributed by atoms with Gasteiger partial charge in [0.15, 0.2) is 5.49 Å². The molecule has 3 aromatic rings. The Morgan fingerprint density at radius 2 is 2.21 bits per heavy atom. The van der Waals surface area contributed by atoms with Gasteiger partial charge in [-0.3, -0.25) is 9.98 Å². The average molecular weight is 465 g/mol. The Labute approximate surface area is 198 Å². The second-order valence-electron chi connectivity index (χ2n) is 8.72. The molecular formula is C25H32N6OS. The normalized spacial score (nSPS) is 16.0. The van der Waals surface area contributed by atoms with Gasteiger partial charge in [-0.25, -0.2) is 9.97 Å². The summed E-state index contributed by atoms with van der Waals surface area (Å²) in [5.74, 6) is 0.940. The lowest BCUT2D eigenvalue weighted by molar-refractivity contribution is -0.0395. The highest BCUT2D eigenvalue weighted by Crippen LogP contribution is 2.42. The van der Waals surface area contributed by atoms with E-state index >= 15 is 0 Å². The average Bonchev–Trinajstić information content (AvgIpc) is 3.17. The summed E-state index contributed by atoms with van der Waals surface area (Å²) in [5, 5.41) is 10.0. The Bertz CT molecular complexity index is 1330. The molecule has 1 aliphatic rings. The molecule has 0 unspecified atom stereocenters. The van der Waals surface area contributed by atoms with Crippen LogP contribution in [0.15, 0.2) is 37.2 Å². The largest absolute Gasteiger partial charge is 0.370 e. The number of nitrogens with zero attached hydrogens (tertiary/aromatic N) is 4. The molecular weight excluding hydrogens is 432 g/mol. The number of anilines is 1. The maximum atomic E-state index is 8.95. The maximum absolute atomic E-state index is 8.95. The summed E-state index contributed by atoms with van der Waals surface area (Å²) < 4.78 is 8.82. The summed E-state index contributed by atoms with van der Waals surface area (Å²) in [4.78, 5) is 13.0. The number of fused-ring (bicyclic) bond motifs is 5. The SMILES string of the molecule is C=C/C=C\C(=C/C)n1cnc2c(sc3nc(N(CC)CCN)c4c(c32)CC(C)(C)OC4)c1=N. The molecule has 7 nitrogen and oxygen atoms in total. The van der Waals surface area contributed by atoms with Crippen molar-refractivity contribution >= 4 is 43.3 Å². The number of hydrogen-bond donors (Lipinski definition) is 2. The zero-order valence-corrected chi connectivity index (χ0v) is 20.6. The zero-order valence-electron chi connectivity index (χ0n) is 19.8. The molecule has 0 amide bonds. The fourth-order valence-electron chi connectivity index (χ4n) is 4.38. The lowest BCUT2D eigenvalue weighted by Gasteiger charge is -2.35. The van der Waals surface area contributed by atoms with Crippen molar-refractivity contribution in [2.45, 2.75) is 46.3 Å². The molecule has 0 fully saturated rings. The van der Waals surface area contributed by atoms with E-state index in [-0.39, 0.29) is 5.60 Å². The van der Waals surface area contributed by atoms with Crippen LogP contribution in [-0.4, -0.2) is 39.8 Å². The fourth-order valence-corrected chi connectivity index (χ4v) is 5.47. The van der Waals surface area contributed by atoms with Gasteiger partial charge in [-0.2, -0.15) is 0 Å². The van der Waals surface area contributed by atoms with E-state index in [1.165, 1.54) is 16.9 Å². The number of likely N-dealkylation sites (N-methyl/N-ethyl adjacent to an activating group) is 1. The highest BCUT2D eigenvalue weighted by molar-refractivity contribution is 7.25. The molecule has 0 aromatic carbocycles. The van der Waals surface area contributed by atoms with Crippen molar-refractivity contribution in [3.8, 4) is 0 Å². The smallest absolute Gasteiger partial charge is 0.150 e. The third-order valence-electron chi connectivity index (χ3n) is 6.03. The number of nitrogens with two attached hydrogens (primary N) is 1. The topological polar surface area (TPSA) is 93.1 Å². The number of allylic oxidation sites excluding steroid dienone is 5. The highest BCUT2D eigenvalue weighted by atomic mass is 32.1. The molecule has 4 heterocycles. The van der Waals surface area contributed by atoms with Gasteiger partial charge in [0.05, 0.1) is 22.4 Å². The zero-order chi connectivity index (χ0) is 23.8. The van der Waals surface area contributed by atoms with E-state index in [1.54, 1.807) is 17.0 Å². The predicted octanol–water partition coefficient (Wildman–Crippen LogP) is 4.36. The Morgan fingerprint density at radius 1 is 1.42 bits per heavy atom. The van der Waals surface area contributed by atoms with Gasteiger partial charge >= 0.3 is 0 Å². The minimum Gasteiger partial charge on any atom is -0.370 e. The van der Waals surface area contributed by atoms with E-state index < -0.39 is 0 Å². The van der Waals surface area contributed by atoms with E-state index in [1.807, 2.05) is 25.2 Å². The minimum absolute atomic E-state index is 0.274. The number of rotatable bonds is 7. The third kappa shape index (κ3) is 4.14. The summed E-state index contributed by atoms with van der Waals surface area (Å²) in [6.07, 6.45) is 9.98. The number of aromatic nitrogens is 3. The minimum atomic E-state index is -0.274. The number of thiophene rings is 1. The summed E-state index contributed by atoms with van der Waals surface area (Å²) in [6.45, 7) is 14.7. The Hall–Kier alpha value is -2.81. The van der Waals surface area contributed by atoms with Crippen molar-refractivity contribution in [1.82, 2.24) is 14.5 Å². The third-order valence-corrected chi connectivity index (χ3v) is 7.11. The second kappa shape index (κ2) is 9.21. The molecule has 8 heteroatoms. The first-order valence-electron chi connectivity index (χ1n) is 11.3. The van der Waals surface area contributed by atoms with Crippen molar-refractivity contribution in [3.05, 3.63) is 53.8 Å². The second-order valence-corrected chi connectivity index (χ2v) is 9.72. The molecule has 3 aromatic heterocycles. The Morgan fingerprint density at radius 3 is 2.88 bits per heavy atom. The molecule has 0 bridgehead atoms.